The molecule has 0 radical (unpaired) electrons. The molecule has 23 heavy (non-hydrogen) atoms. The Morgan fingerprint density at radius 3 is 1.74 bits per heavy atom. The molecule has 4 heteroatoms. The smallest absolute Gasteiger partial charge is 0.152 e. The summed E-state index contributed by atoms with van der Waals surface area (Å²) in [5, 5.41) is 14.5. The first-order valence-corrected chi connectivity index (χ1v) is 9.81. The van der Waals surface area contributed by atoms with Gasteiger partial charge in [0.25, 0.3) is 0 Å². The second kappa shape index (κ2) is 15.7. The molecule has 0 aliphatic rings. The molecule has 1 N–H and O–H groups in total. The summed E-state index contributed by atoms with van der Waals surface area (Å²) in [6, 6.07) is 1.86. The van der Waals surface area contributed by atoms with E-state index in [4.69, 9.17) is 0 Å². The number of hydrogen-bond donors (Lipinski definition) is 1. The summed E-state index contributed by atoms with van der Waals surface area (Å²) in [4.78, 5) is 0. The monoisotopic (exact) mass is 320 g/mol. The van der Waals surface area contributed by atoms with E-state index in [1.165, 1.54) is 89.9 Å². The summed E-state index contributed by atoms with van der Waals surface area (Å²) in [7, 11) is 0. The van der Waals surface area contributed by atoms with Crippen LogP contribution in [-0.2, 0) is 0 Å². The van der Waals surface area contributed by atoms with Gasteiger partial charge >= 0.3 is 0 Å². The fourth-order valence-corrected chi connectivity index (χ4v) is 2.87. The largest absolute Gasteiger partial charge is 0.368 e. The van der Waals surface area contributed by atoms with Gasteiger partial charge in [-0.15, -0.1) is 10.2 Å². The molecule has 0 amide bonds. The second-order valence-electron chi connectivity index (χ2n) is 6.53. The van der Waals surface area contributed by atoms with E-state index >= 15 is 0 Å². The SMILES string of the molecule is CCCCCCCCCCCCCCCCNc1ccnnn1. The lowest BCUT2D eigenvalue weighted by molar-refractivity contribution is 0.537. The highest BCUT2D eigenvalue weighted by Crippen LogP contribution is 2.12. The molecular weight excluding hydrogens is 284 g/mol. The van der Waals surface area contributed by atoms with Crippen molar-refractivity contribution in [2.45, 2.75) is 96.8 Å². The molecule has 0 atom stereocenters. The molecule has 0 saturated carbocycles. The zero-order valence-corrected chi connectivity index (χ0v) is 15.1. The molecule has 0 unspecified atom stereocenters. The van der Waals surface area contributed by atoms with Gasteiger partial charge in [-0.25, -0.2) is 0 Å². The lowest BCUT2D eigenvalue weighted by atomic mass is 10.0. The first-order chi connectivity index (χ1) is 11.4. The number of hydrogen-bond acceptors (Lipinski definition) is 4. The normalized spacial score (nSPS) is 10.8. The quantitative estimate of drug-likeness (QED) is 0.393. The zero-order chi connectivity index (χ0) is 16.4. The molecule has 132 valence electrons. The van der Waals surface area contributed by atoms with E-state index in [2.05, 4.69) is 27.7 Å². The highest BCUT2D eigenvalue weighted by Gasteiger charge is 1.95. The van der Waals surface area contributed by atoms with Crippen LogP contribution in [0.5, 0.6) is 0 Å². The fourth-order valence-electron chi connectivity index (χ4n) is 2.87. The van der Waals surface area contributed by atoms with Gasteiger partial charge in [0, 0.05) is 12.6 Å². The van der Waals surface area contributed by atoms with Crippen molar-refractivity contribution in [1.82, 2.24) is 15.4 Å². The van der Waals surface area contributed by atoms with Gasteiger partial charge in [0.05, 0.1) is 6.20 Å². The molecule has 0 fully saturated rings. The molecule has 0 bridgehead atoms. The predicted molar refractivity (Wildman–Crippen MR) is 98.6 cm³/mol. The maximum absolute atomic E-state index is 3.91. The Bertz CT molecular complexity index is 342. The van der Waals surface area contributed by atoms with Crippen molar-refractivity contribution in [2.75, 3.05) is 11.9 Å². The van der Waals surface area contributed by atoms with Gasteiger partial charge in [0.15, 0.2) is 5.82 Å². The van der Waals surface area contributed by atoms with Crippen LogP contribution in [0.3, 0.4) is 0 Å². The van der Waals surface area contributed by atoms with Gasteiger partial charge in [0.1, 0.15) is 0 Å². The Morgan fingerprint density at radius 1 is 0.739 bits per heavy atom. The third kappa shape index (κ3) is 13.0. The Balaban J connectivity index is 1.72. The second-order valence-corrected chi connectivity index (χ2v) is 6.53. The summed E-state index contributed by atoms with van der Waals surface area (Å²) < 4.78 is 0. The minimum atomic E-state index is 0.828. The van der Waals surface area contributed by atoms with Crippen molar-refractivity contribution < 1.29 is 0 Å². The molecule has 0 aliphatic heterocycles. The van der Waals surface area contributed by atoms with Crippen LogP contribution < -0.4 is 5.32 Å². The van der Waals surface area contributed by atoms with E-state index in [0.29, 0.717) is 0 Å². The molecule has 4 nitrogen and oxygen atoms in total. The fraction of sp³-hybridized carbons (Fsp3) is 0.842. The van der Waals surface area contributed by atoms with Crippen LogP contribution in [0.4, 0.5) is 5.82 Å². The van der Waals surface area contributed by atoms with E-state index in [1.807, 2.05) is 6.07 Å². The van der Waals surface area contributed by atoms with E-state index < -0.39 is 0 Å². The van der Waals surface area contributed by atoms with E-state index in [1.54, 1.807) is 6.20 Å². The molecule has 0 spiro atoms. The molecule has 0 aliphatic carbocycles. The van der Waals surface area contributed by atoms with Gasteiger partial charge in [-0.2, -0.15) is 0 Å². The highest BCUT2D eigenvalue weighted by atomic mass is 15.3. The standard InChI is InChI=1S/C19H36N4/c1-2-3-4-5-6-7-8-9-10-11-12-13-14-15-17-20-19-16-18-21-23-22-19/h16,18H,2-15,17H2,1H3,(H,20,21,22). The summed E-state index contributed by atoms with van der Waals surface area (Å²) in [6.45, 7) is 3.27. The van der Waals surface area contributed by atoms with Gasteiger partial charge in [-0.3, -0.25) is 0 Å². The molecule has 1 rings (SSSR count). The van der Waals surface area contributed by atoms with Crippen LogP contribution in [0, 0.1) is 0 Å². The Labute approximate surface area is 142 Å². The summed E-state index contributed by atoms with van der Waals surface area (Å²) in [5.74, 6) is 0.828. The molecular formula is C19H36N4. The first kappa shape index (κ1) is 19.9. The van der Waals surface area contributed by atoms with Crippen LogP contribution in [-0.4, -0.2) is 22.0 Å². The lowest BCUT2D eigenvalue weighted by Crippen LogP contribution is -2.04. The van der Waals surface area contributed by atoms with Gasteiger partial charge < -0.3 is 5.32 Å². The van der Waals surface area contributed by atoms with Crippen molar-refractivity contribution in [2.24, 2.45) is 0 Å². The third-order valence-electron chi connectivity index (χ3n) is 4.34. The van der Waals surface area contributed by atoms with E-state index in [0.717, 1.165) is 12.4 Å². The molecule has 0 aromatic carbocycles. The molecule has 0 saturated heterocycles. The minimum absolute atomic E-state index is 0.828. The number of anilines is 1. The van der Waals surface area contributed by atoms with Gasteiger partial charge in [0.2, 0.25) is 0 Å². The van der Waals surface area contributed by atoms with Crippen LogP contribution in [0.2, 0.25) is 0 Å². The van der Waals surface area contributed by atoms with Crippen LogP contribution in [0.15, 0.2) is 12.3 Å². The zero-order valence-electron chi connectivity index (χ0n) is 15.1. The maximum atomic E-state index is 3.91. The highest BCUT2D eigenvalue weighted by molar-refractivity contribution is 5.29. The number of rotatable bonds is 16. The van der Waals surface area contributed by atoms with Gasteiger partial charge in [-0.05, 0) is 11.6 Å². The van der Waals surface area contributed by atoms with Crippen molar-refractivity contribution in [1.29, 1.82) is 0 Å². The topological polar surface area (TPSA) is 50.7 Å². The van der Waals surface area contributed by atoms with Gasteiger partial charge in [-0.1, -0.05) is 90.4 Å². The first-order valence-electron chi connectivity index (χ1n) is 9.81. The summed E-state index contributed by atoms with van der Waals surface area (Å²) in [5.41, 5.74) is 0. The average Bonchev–Trinajstić information content (AvgIpc) is 2.59. The number of aromatic nitrogens is 3. The Morgan fingerprint density at radius 2 is 1.26 bits per heavy atom. The van der Waals surface area contributed by atoms with Crippen LogP contribution in [0.25, 0.3) is 0 Å². The van der Waals surface area contributed by atoms with Crippen LogP contribution in [0.1, 0.15) is 96.8 Å². The lowest BCUT2D eigenvalue weighted by Gasteiger charge is -2.04. The number of nitrogens with one attached hydrogen (secondary N) is 1. The predicted octanol–water partition coefficient (Wildman–Crippen LogP) is 5.76. The number of nitrogens with zero attached hydrogens (tertiary/aromatic N) is 3. The van der Waals surface area contributed by atoms with Crippen molar-refractivity contribution in [3.63, 3.8) is 0 Å². The van der Waals surface area contributed by atoms with Crippen molar-refractivity contribution in [3.05, 3.63) is 12.3 Å². The minimum Gasteiger partial charge on any atom is -0.368 e. The summed E-state index contributed by atoms with van der Waals surface area (Å²) in [6.07, 6.45) is 21.3. The van der Waals surface area contributed by atoms with Crippen molar-refractivity contribution >= 4 is 5.82 Å². The maximum Gasteiger partial charge on any atom is 0.152 e. The molecule has 1 aromatic rings. The van der Waals surface area contributed by atoms with Crippen LogP contribution >= 0.6 is 0 Å². The number of unbranched alkanes of at least 4 members (excludes halogenated alkanes) is 13. The molecule has 1 aromatic heterocycles. The van der Waals surface area contributed by atoms with Crippen molar-refractivity contribution in [3.8, 4) is 0 Å². The Hall–Kier alpha value is -1.19. The average molecular weight is 321 g/mol. The van der Waals surface area contributed by atoms with E-state index in [-0.39, 0.29) is 0 Å². The summed E-state index contributed by atoms with van der Waals surface area (Å²) >= 11 is 0. The van der Waals surface area contributed by atoms with E-state index in [9.17, 15) is 0 Å². The third-order valence-corrected chi connectivity index (χ3v) is 4.34. The Kier molecular flexibility index (Phi) is 13.6. The molecule has 1 heterocycles.